The maximum absolute atomic E-state index is 12.0. The molecule has 23 heavy (non-hydrogen) atoms. The van der Waals surface area contributed by atoms with Gasteiger partial charge in [0.15, 0.2) is 0 Å². The number of carbonyl (C=O) groups is 1. The lowest BCUT2D eigenvalue weighted by molar-refractivity contribution is -0.165. The Labute approximate surface area is 137 Å². The molecule has 2 atom stereocenters. The molecule has 0 radical (unpaired) electrons. The highest BCUT2D eigenvalue weighted by Gasteiger charge is 2.48. The highest BCUT2D eigenvalue weighted by Crippen LogP contribution is 2.37. The number of hydrogen-bond donors (Lipinski definition) is 2. The quantitative estimate of drug-likeness (QED) is 0.835. The van der Waals surface area contributed by atoms with Crippen LogP contribution >= 0.6 is 0 Å². The molecule has 1 fully saturated rings. The van der Waals surface area contributed by atoms with Crippen LogP contribution in [0.1, 0.15) is 50.1 Å². The van der Waals surface area contributed by atoms with Crippen LogP contribution in [0.5, 0.6) is 0 Å². The zero-order valence-corrected chi connectivity index (χ0v) is 14.5. The van der Waals surface area contributed by atoms with Gasteiger partial charge < -0.3 is 14.7 Å². The van der Waals surface area contributed by atoms with Gasteiger partial charge in [-0.2, -0.15) is 0 Å². The van der Waals surface area contributed by atoms with E-state index in [0.29, 0.717) is 38.4 Å². The van der Waals surface area contributed by atoms with Crippen LogP contribution in [0, 0.1) is 25.2 Å². The smallest absolute Gasteiger partial charge is 0.313 e. The van der Waals surface area contributed by atoms with Gasteiger partial charge >= 0.3 is 5.97 Å². The van der Waals surface area contributed by atoms with Crippen LogP contribution < -0.4 is 0 Å². The fourth-order valence-corrected chi connectivity index (χ4v) is 3.36. The van der Waals surface area contributed by atoms with Crippen molar-refractivity contribution in [3.05, 3.63) is 17.0 Å². The molecular formula is C17H28N2O4. The Kier molecular flexibility index (Phi) is 5.47. The zero-order chi connectivity index (χ0) is 17.2. The Morgan fingerprint density at radius 2 is 2.17 bits per heavy atom. The van der Waals surface area contributed by atoms with Crippen molar-refractivity contribution in [3.63, 3.8) is 0 Å². The standard InChI is InChI=1S/C17H28N2O4/c1-11(2)5-7-17(16(21)22)10-19(8-6-15(17)20)9-14-12(3)18-23-13(14)4/h11,15,20H,5-10H2,1-4H3,(H,21,22)/t15-,17-/m1/s1. The van der Waals surface area contributed by atoms with Gasteiger partial charge in [0.2, 0.25) is 0 Å². The third kappa shape index (κ3) is 3.75. The van der Waals surface area contributed by atoms with Gasteiger partial charge in [-0.3, -0.25) is 9.69 Å². The monoisotopic (exact) mass is 324 g/mol. The fraction of sp³-hybridized carbons (Fsp3) is 0.765. The summed E-state index contributed by atoms with van der Waals surface area (Å²) in [5.41, 5.74) is 0.780. The van der Waals surface area contributed by atoms with Gasteiger partial charge in [0, 0.05) is 25.2 Å². The van der Waals surface area contributed by atoms with Crippen molar-refractivity contribution < 1.29 is 19.5 Å². The number of aliphatic carboxylic acids is 1. The minimum Gasteiger partial charge on any atom is -0.481 e. The topological polar surface area (TPSA) is 86.8 Å². The summed E-state index contributed by atoms with van der Waals surface area (Å²) in [5.74, 6) is 0.294. The van der Waals surface area contributed by atoms with Crippen LogP contribution in [0.4, 0.5) is 0 Å². The van der Waals surface area contributed by atoms with E-state index in [1.54, 1.807) is 0 Å². The SMILES string of the molecule is Cc1noc(C)c1CN1CC[C@@H](O)[C@](CCC(C)C)(C(=O)O)C1. The summed E-state index contributed by atoms with van der Waals surface area (Å²) in [6, 6.07) is 0. The largest absolute Gasteiger partial charge is 0.481 e. The summed E-state index contributed by atoms with van der Waals surface area (Å²) < 4.78 is 5.19. The molecule has 0 unspecified atom stereocenters. The van der Waals surface area contributed by atoms with Crippen LogP contribution in [-0.2, 0) is 11.3 Å². The molecule has 1 aromatic heterocycles. The first-order chi connectivity index (χ1) is 10.8. The normalized spacial score (nSPS) is 25.9. The fourth-order valence-electron chi connectivity index (χ4n) is 3.36. The molecule has 6 heteroatoms. The van der Waals surface area contributed by atoms with Crippen molar-refractivity contribution >= 4 is 5.97 Å². The van der Waals surface area contributed by atoms with Crippen molar-refractivity contribution in [3.8, 4) is 0 Å². The van der Waals surface area contributed by atoms with Crippen LogP contribution in [-0.4, -0.2) is 45.4 Å². The minimum atomic E-state index is -1.08. The van der Waals surface area contributed by atoms with E-state index < -0.39 is 17.5 Å². The van der Waals surface area contributed by atoms with E-state index in [2.05, 4.69) is 23.9 Å². The summed E-state index contributed by atoms with van der Waals surface area (Å²) in [5, 5.41) is 24.2. The lowest BCUT2D eigenvalue weighted by Crippen LogP contribution is -2.55. The third-order valence-electron chi connectivity index (χ3n) is 5.02. The van der Waals surface area contributed by atoms with Crippen molar-refractivity contribution in [2.75, 3.05) is 13.1 Å². The van der Waals surface area contributed by atoms with Crippen LogP contribution in [0.3, 0.4) is 0 Å². The molecule has 0 aromatic carbocycles. The predicted molar refractivity (Wildman–Crippen MR) is 86.0 cm³/mol. The molecule has 1 saturated heterocycles. The van der Waals surface area contributed by atoms with Crippen molar-refractivity contribution in [2.24, 2.45) is 11.3 Å². The van der Waals surface area contributed by atoms with E-state index >= 15 is 0 Å². The summed E-state index contributed by atoms with van der Waals surface area (Å²) in [7, 11) is 0. The van der Waals surface area contributed by atoms with E-state index in [9.17, 15) is 15.0 Å². The molecule has 0 saturated carbocycles. The predicted octanol–water partition coefficient (Wildman–Crippen LogP) is 2.37. The van der Waals surface area contributed by atoms with Crippen molar-refractivity contribution in [2.45, 2.75) is 59.6 Å². The second-order valence-corrected chi connectivity index (χ2v) is 7.21. The summed E-state index contributed by atoms with van der Waals surface area (Å²) >= 11 is 0. The second kappa shape index (κ2) is 7.01. The van der Waals surface area contributed by atoms with Gasteiger partial charge in [-0.25, -0.2) is 0 Å². The molecule has 1 aromatic rings. The molecule has 1 aliphatic heterocycles. The molecule has 0 aliphatic carbocycles. The molecule has 2 heterocycles. The average molecular weight is 324 g/mol. The summed E-state index contributed by atoms with van der Waals surface area (Å²) in [6.07, 6.45) is 0.981. The highest BCUT2D eigenvalue weighted by molar-refractivity contribution is 5.76. The Hall–Kier alpha value is -1.40. The zero-order valence-electron chi connectivity index (χ0n) is 14.5. The number of rotatable bonds is 6. The number of aliphatic hydroxyl groups excluding tert-OH is 1. The second-order valence-electron chi connectivity index (χ2n) is 7.21. The maximum Gasteiger partial charge on any atom is 0.313 e. The Balaban J connectivity index is 2.17. The van der Waals surface area contributed by atoms with Gasteiger partial charge in [-0.1, -0.05) is 19.0 Å². The average Bonchev–Trinajstić information content (AvgIpc) is 2.79. The molecule has 2 N–H and O–H groups in total. The lowest BCUT2D eigenvalue weighted by Gasteiger charge is -2.43. The maximum atomic E-state index is 12.0. The van der Waals surface area contributed by atoms with E-state index in [1.165, 1.54) is 0 Å². The molecule has 1 aliphatic rings. The number of likely N-dealkylation sites (tertiary alicyclic amines) is 1. The first-order valence-electron chi connectivity index (χ1n) is 8.32. The Morgan fingerprint density at radius 3 is 2.70 bits per heavy atom. The van der Waals surface area contributed by atoms with E-state index in [0.717, 1.165) is 23.4 Å². The minimum absolute atomic E-state index is 0.361. The Morgan fingerprint density at radius 1 is 1.48 bits per heavy atom. The molecule has 0 spiro atoms. The number of aliphatic hydroxyl groups is 1. The number of carboxylic acids is 1. The van der Waals surface area contributed by atoms with Gasteiger partial charge in [0.25, 0.3) is 0 Å². The van der Waals surface area contributed by atoms with E-state index in [-0.39, 0.29) is 0 Å². The summed E-state index contributed by atoms with van der Waals surface area (Å²) in [6.45, 7) is 9.58. The van der Waals surface area contributed by atoms with E-state index in [1.807, 2.05) is 13.8 Å². The highest BCUT2D eigenvalue weighted by atomic mass is 16.5. The number of piperidine rings is 1. The van der Waals surface area contributed by atoms with Gasteiger partial charge in [0.05, 0.1) is 11.8 Å². The van der Waals surface area contributed by atoms with Crippen molar-refractivity contribution in [1.29, 1.82) is 0 Å². The van der Waals surface area contributed by atoms with Gasteiger partial charge in [-0.05, 0) is 39.0 Å². The van der Waals surface area contributed by atoms with E-state index in [4.69, 9.17) is 4.52 Å². The van der Waals surface area contributed by atoms with Gasteiger partial charge in [-0.15, -0.1) is 0 Å². The Bertz CT molecular complexity index is 535. The summed E-state index contributed by atoms with van der Waals surface area (Å²) in [4.78, 5) is 14.1. The van der Waals surface area contributed by atoms with Crippen LogP contribution in [0.2, 0.25) is 0 Å². The number of nitrogens with zero attached hydrogens (tertiary/aromatic N) is 2. The molecule has 2 rings (SSSR count). The molecule has 6 nitrogen and oxygen atoms in total. The van der Waals surface area contributed by atoms with Crippen molar-refractivity contribution in [1.82, 2.24) is 10.1 Å². The third-order valence-corrected chi connectivity index (χ3v) is 5.02. The molecule has 130 valence electrons. The molecule has 0 amide bonds. The number of aromatic nitrogens is 1. The number of carboxylic acid groups (broad SMARTS) is 1. The van der Waals surface area contributed by atoms with Crippen LogP contribution in [0.15, 0.2) is 4.52 Å². The first kappa shape index (κ1) is 17.9. The first-order valence-corrected chi connectivity index (χ1v) is 8.32. The van der Waals surface area contributed by atoms with Crippen LogP contribution in [0.25, 0.3) is 0 Å². The number of aryl methyl sites for hydroxylation is 2. The van der Waals surface area contributed by atoms with Gasteiger partial charge in [0.1, 0.15) is 11.2 Å². The molecular weight excluding hydrogens is 296 g/mol. The number of hydrogen-bond acceptors (Lipinski definition) is 5. The molecule has 0 bridgehead atoms. The lowest BCUT2D eigenvalue weighted by atomic mass is 9.72.